The van der Waals surface area contributed by atoms with E-state index in [2.05, 4.69) is 44.4 Å². The normalized spacial score (nSPS) is 11.6. The second kappa shape index (κ2) is 6.19. The largest absolute Gasteiger partial charge is 0.382 e. The molecule has 5 rings (SSSR count). The summed E-state index contributed by atoms with van der Waals surface area (Å²) in [6.45, 7) is 5.53. The molecule has 140 valence electrons. The molecule has 0 unspecified atom stereocenters. The number of H-pyrrole nitrogens is 1. The smallest absolute Gasteiger partial charge is 0.152 e. The highest BCUT2D eigenvalue weighted by Gasteiger charge is 2.12. The van der Waals surface area contributed by atoms with Crippen LogP contribution in [0.5, 0.6) is 0 Å². The third-order valence-corrected chi connectivity index (χ3v) is 4.97. The van der Waals surface area contributed by atoms with E-state index in [0.717, 1.165) is 51.0 Å². The van der Waals surface area contributed by atoms with E-state index in [-0.39, 0.29) is 0 Å². The van der Waals surface area contributed by atoms with Crippen LogP contribution in [-0.4, -0.2) is 34.7 Å². The van der Waals surface area contributed by atoms with Crippen molar-refractivity contribution in [3.63, 3.8) is 0 Å². The van der Waals surface area contributed by atoms with Gasteiger partial charge < -0.3 is 5.73 Å². The summed E-state index contributed by atoms with van der Waals surface area (Å²) in [5.41, 5.74) is 11.8. The number of aromatic amines is 1. The molecular formula is C20H20N8. The SMILES string of the molecule is Cc1cc(C)n(CCn2cc3c(n2)c(N)nc2cc(-c4cc[nH]n4)ccc23)n1. The van der Waals surface area contributed by atoms with Crippen molar-refractivity contribution in [3.8, 4) is 11.3 Å². The summed E-state index contributed by atoms with van der Waals surface area (Å²) in [6, 6.07) is 10.1. The molecule has 4 heterocycles. The van der Waals surface area contributed by atoms with Crippen LogP contribution in [0.4, 0.5) is 5.82 Å². The molecule has 0 amide bonds. The fourth-order valence-corrected chi connectivity index (χ4v) is 3.64. The minimum Gasteiger partial charge on any atom is -0.382 e. The van der Waals surface area contributed by atoms with Gasteiger partial charge in [0.2, 0.25) is 0 Å². The molecule has 28 heavy (non-hydrogen) atoms. The van der Waals surface area contributed by atoms with Gasteiger partial charge in [-0.15, -0.1) is 0 Å². The lowest BCUT2D eigenvalue weighted by atomic mass is 10.1. The maximum absolute atomic E-state index is 6.21. The molecule has 0 spiro atoms. The van der Waals surface area contributed by atoms with Gasteiger partial charge in [-0.05, 0) is 32.0 Å². The maximum Gasteiger partial charge on any atom is 0.152 e. The van der Waals surface area contributed by atoms with Crippen molar-refractivity contribution < 1.29 is 0 Å². The van der Waals surface area contributed by atoms with Gasteiger partial charge in [-0.25, -0.2) is 4.98 Å². The van der Waals surface area contributed by atoms with E-state index in [9.17, 15) is 0 Å². The molecule has 0 saturated carbocycles. The summed E-state index contributed by atoms with van der Waals surface area (Å²) < 4.78 is 3.91. The first kappa shape index (κ1) is 16.5. The van der Waals surface area contributed by atoms with Crippen molar-refractivity contribution in [2.24, 2.45) is 0 Å². The number of fused-ring (bicyclic) bond motifs is 3. The highest BCUT2D eigenvalue weighted by molar-refractivity contribution is 6.08. The summed E-state index contributed by atoms with van der Waals surface area (Å²) in [5, 5.41) is 18.3. The zero-order valence-corrected chi connectivity index (χ0v) is 15.7. The number of pyridine rings is 1. The average molecular weight is 372 g/mol. The molecule has 0 aliphatic rings. The molecule has 4 aromatic heterocycles. The summed E-state index contributed by atoms with van der Waals surface area (Å²) in [7, 11) is 0. The zero-order chi connectivity index (χ0) is 19.3. The van der Waals surface area contributed by atoms with E-state index in [1.807, 2.05) is 40.7 Å². The van der Waals surface area contributed by atoms with Crippen LogP contribution in [0.15, 0.2) is 42.7 Å². The average Bonchev–Trinajstić information content (AvgIpc) is 3.40. The summed E-state index contributed by atoms with van der Waals surface area (Å²) in [6.07, 6.45) is 3.84. The van der Waals surface area contributed by atoms with Gasteiger partial charge in [0.05, 0.1) is 30.0 Å². The van der Waals surface area contributed by atoms with Gasteiger partial charge in [-0.1, -0.05) is 12.1 Å². The highest BCUT2D eigenvalue weighted by atomic mass is 15.3. The number of nitrogen functional groups attached to an aromatic ring is 1. The Hall–Kier alpha value is -3.68. The van der Waals surface area contributed by atoms with Crippen LogP contribution < -0.4 is 5.73 Å². The summed E-state index contributed by atoms with van der Waals surface area (Å²) in [4.78, 5) is 4.57. The predicted molar refractivity (Wildman–Crippen MR) is 109 cm³/mol. The number of aromatic nitrogens is 7. The van der Waals surface area contributed by atoms with Gasteiger partial charge in [0.1, 0.15) is 5.52 Å². The number of nitrogens with two attached hydrogens (primary N) is 1. The fraction of sp³-hybridized carbons (Fsp3) is 0.200. The van der Waals surface area contributed by atoms with Gasteiger partial charge in [0.25, 0.3) is 0 Å². The molecule has 0 radical (unpaired) electrons. The zero-order valence-electron chi connectivity index (χ0n) is 15.7. The van der Waals surface area contributed by atoms with Gasteiger partial charge in [0, 0.05) is 34.4 Å². The number of aryl methyl sites for hydroxylation is 4. The number of rotatable bonds is 4. The van der Waals surface area contributed by atoms with Crippen molar-refractivity contribution in [3.05, 3.63) is 54.1 Å². The second-order valence-electron chi connectivity index (χ2n) is 6.99. The Kier molecular flexibility index (Phi) is 3.65. The molecule has 8 nitrogen and oxygen atoms in total. The molecule has 0 bridgehead atoms. The molecule has 0 saturated heterocycles. The highest BCUT2D eigenvalue weighted by Crippen LogP contribution is 2.29. The first-order valence-corrected chi connectivity index (χ1v) is 9.16. The van der Waals surface area contributed by atoms with Gasteiger partial charge >= 0.3 is 0 Å². The standard InChI is InChI=1S/C20H20N8/c1-12-9-13(2)28(25-12)8-7-27-11-16-15-4-3-14(17-5-6-22-24-17)10-18(15)23-20(21)19(16)26-27/h3-6,9-11H,7-8H2,1-2H3,(H2,21,23)(H,22,24). The van der Waals surface area contributed by atoms with Crippen LogP contribution in [0.1, 0.15) is 11.4 Å². The third kappa shape index (κ3) is 2.70. The van der Waals surface area contributed by atoms with E-state index >= 15 is 0 Å². The Balaban J connectivity index is 1.53. The summed E-state index contributed by atoms with van der Waals surface area (Å²) in [5.74, 6) is 0.437. The molecular weight excluding hydrogens is 352 g/mol. The van der Waals surface area contributed by atoms with Crippen LogP contribution in [-0.2, 0) is 13.1 Å². The molecule has 0 atom stereocenters. The Labute approximate surface area is 161 Å². The second-order valence-corrected chi connectivity index (χ2v) is 6.99. The summed E-state index contributed by atoms with van der Waals surface area (Å²) >= 11 is 0. The first-order valence-electron chi connectivity index (χ1n) is 9.16. The topological polar surface area (TPSA) is 103 Å². The number of anilines is 1. The van der Waals surface area contributed by atoms with E-state index in [4.69, 9.17) is 5.73 Å². The van der Waals surface area contributed by atoms with Crippen molar-refractivity contribution in [1.82, 2.24) is 34.7 Å². The van der Waals surface area contributed by atoms with Gasteiger partial charge in [-0.3, -0.25) is 14.5 Å². The first-order chi connectivity index (χ1) is 13.6. The Morgan fingerprint density at radius 2 is 1.93 bits per heavy atom. The molecule has 8 heteroatoms. The molecule has 0 fully saturated rings. The number of hydrogen-bond acceptors (Lipinski definition) is 5. The number of nitrogens with one attached hydrogen (secondary N) is 1. The van der Waals surface area contributed by atoms with Gasteiger partial charge in [0.15, 0.2) is 5.82 Å². The number of nitrogens with zero attached hydrogens (tertiary/aromatic N) is 6. The molecule has 1 aromatic carbocycles. The van der Waals surface area contributed by atoms with E-state index < -0.39 is 0 Å². The quantitative estimate of drug-likeness (QED) is 0.505. The van der Waals surface area contributed by atoms with Crippen LogP contribution in [0, 0.1) is 13.8 Å². The predicted octanol–water partition coefficient (Wildman–Crippen LogP) is 3.07. The molecule has 3 N–H and O–H groups in total. The van der Waals surface area contributed by atoms with E-state index in [1.165, 1.54) is 0 Å². The van der Waals surface area contributed by atoms with Crippen LogP contribution >= 0.6 is 0 Å². The maximum atomic E-state index is 6.21. The lowest BCUT2D eigenvalue weighted by molar-refractivity contribution is 0.493. The Bertz CT molecular complexity index is 1290. The molecule has 0 aliphatic carbocycles. The lowest BCUT2D eigenvalue weighted by Crippen LogP contribution is -2.10. The lowest BCUT2D eigenvalue weighted by Gasteiger charge is -2.04. The Morgan fingerprint density at radius 3 is 2.68 bits per heavy atom. The Morgan fingerprint density at radius 1 is 1.04 bits per heavy atom. The fourth-order valence-electron chi connectivity index (χ4n) is 3.64. The van der Waals surface area contributed by atoms with Crippen molar-refractivity contribution in [2.45, 2.75) is 26.9 Å². The van der Waals surface area contributed by atoms with Crippen LogP contribution in [0.25, 0.3) is 33.1 Å². The van der Waals surface area contributed by atoms with Gasteiger partial charge in [-0.2, -0.15) is 15.3 Å². The number of benzene rings is 1. The molecule has 0 aliphatic heterocycles. The number of hydrogen-bond donors (Lipinski definition) is 2. The van der Waals surface area contributed by atoms with Crippen LogP contribution in [0.2, 0.25) is 0 Å². The third-order valence-electron chi connectivity index (χ3n) is 4.97. The van der Waals surface area contributed by atoms with E-state index in [1.54, 1.807) is 6.20 Å². The van der Waals surface area contributed by atoms with Crippen molar-refractivity contribution >= 4 is 27.6 Å². The minimum atomic E-state index is 0.437. The molecule has 5 aromatic rings. The van der Waals surface area contributed by atoms with Crippen LogP contribution in [0.3, 0.4) is 0 Å². The van der Waals surface area contributed by atoms with Crippen molar-refractivity contribution in [2.75, 3.05) is 5.73 Å². The monoisotopic (exact) mass is 372 g/mol. The minimum absolute atomic E-state index is 0.437. The van der Waals surface area contributed by atoms with E-state index in [0.29, 0.717) is 12.4 Å². The van der Waals surface area contributed by atoms with Crippen molar-refractivity contribution in [1.29, 1.82) is 0 Å².